The molecule has 6 heteroatoms. The molecule has 0 amide bonds. The van der Waals surface area contributed by atoms with E-state index in [4.69, 9.17) is 9.16 Å². The van der Waals surface area contributed by atoms with Gasteiger partial charge < -0.3 is 19.4 Å². The van der Waals surface area contributed by atoms with Gasteiger partial charge in [0, 0.05) is 24.7 Å². The highest BCUT2D eigenvalue weighted by atomic mass is 28.4. The molecule has 1 aliphatic carbocycles. The van der Waals surface area contributed by atoms with E-state index >= 15 is 0 Å². The van der Waals surface area contributed by atoms with Gasteiger partial charge >= 0.3 is 5.97 Å². The molecule has 5 nitrogen and oxygen atoms in total. The zero-order valence-electron chi connectivity index (χ0n) is 16.2. The maximum Gasteiger partial charge on any atom is 0.333 e. The number of hydrogen-bond donors (Lipinski definition) is 2. The highest BCUT2D eigenvalue weighted by Crippen LogP contribution is 2.42. The van der Waals surface area contributed by atoms with Crippen LogP contribution in [0.15, 0.2) is 11.1 Å². The van der Waals surface area contributed by atoms with E-state index in [-0.39, 0.29) is 42.2 Å². The normalized spacial score (nSPS) is 22.9. The molecule has 0 saturated heterocycles. The van der Waals surface area contributed by atoms with Gasteiger partial charge in [-0.05, 0) is 49.4 Å². The quantitative estimate of drug-likeness (QED) is 0.564. The molecule has 140 valence electrons. The summed E-state index contributed by atoms with van der Waals surface area (Å²) in [6, 6.07) is 0. The first-order valence-electron chi connectivity index (χ1n) is 8.66. The van der Waals surface area contributed by atoms with Crippen molar-refractivity contribution in [1.29, 1.82) is 0 Å². The second-order valence-corrected chi connectivity index (χ2v) is 13.1. The van der Waals surface area contributed by atoms with Crippen LogP contribution >= 0.6 is 0 Å². The van der Waals surface area contributed by atoms with E-state index in [1.165, 1.54) is 7.11 Å². The molecule has 2 atom stereocenters. The summed E-state index contributed by atoms with van der Waals surface area (Å²) in [5.74, 6) is -0.577. The van der Waals surface area contributed by atoms with E-state index in [0.717, 1.165) is 5.57 Å². The van der Waals surface area contributed by atoms with Crippen LogP contribution in [0.5, 0.6) is 0 Å². The van der Waals surface area contributed by atoms with Gasteiger partial charge in [0.25, 0.3) is 0 Å². The number of hydrogen-bond acceptors (Lipinski definition) is 5. The lowest BCUT2D eigenvalue weighted by Crippen LogP contribution is -2.46. The molecule has 0 heterocycles. The van der Waals surface area contributed by atoms with Gasteiger partial charge in [0.15, 0.2) is 8.32 Å². The van der Waals surface area contributed by atoms with Gasteiger partial charge in [0.1, 0.15) is 0 Å². The highest BCUT2D eigenvalue weighted by molar-refractivity contribution is 6.74. The fourth-order valence-corrected chi connectivity index (χ4v) is 4.24. The fourth-order valence-electron chi connectivity index (χ4n) is 2.90. The van der Waals surface area contributed by atoms with Crippen molar-refractivity contribution in [3.63, 3.8) is 0 Å². The van der Waals surface area contributed by atoms with Gasteiger partial charge in [-0.2, -0.15) is 0 Å². The predicted octanol–water partition coefficient (Wildman–Crippen LogP) is 2.88. The van der Waals surface area contributed by atoms with Crippen molar-refractivity contribution in [1.82, 2.24) is 0 Å². The highest BCUT2D eigenvalue weighted by Gasteiger charge is 2.42. The number of ether oxygens (including phenoxy) is 1. The minimum Gasteiger partial charge on any atom is -0.466 e. The Labute approximate surface area is 147 Å². The van der Waals surface area contributed by atoms with Crippen LogP contribution < -0.4 is 0 Å². The molecule has 24 heavy (non-hydrogen) atoms. The lowest BCUT2D eigenvalue weighted by molar-refractivity contribution is -0.136. The van der Waals surface area contributed by atoms with Crippen LogP contribution in [0.1, 0.15) is 40.5 Å². The Morgan fingerprint density at radius 3 is 2.25 bits per heavy atom. The largest absolute Gasteiger partial charge is 0.466 e. The minimum atomic E-state index is -2.00. The summed E-state index contributed by atoms with van der Waals surface area (Å²) in [6.45, 7) is 12.7. The molecule has 0 fully saturated rings. The third kappa shape index (κ3) is 4.68. The van der Waals surface area contributed by atoms with Gasteiger partial charge in [-0.3, -0.25) is 0 Å². The zero-order valence-corrected chi connectivity index (χ0v) is 17.2. The first-order valence-corrected chi connectivity index (χ1v) is 11.6. The SMILES string of the molecule is COC(=O)C1=C(C)[C@@H](O[Si](C)(C)C(C)(C)C)C[C@@H](C(CO)CO)C1. The van der Waals surface area contributed by atoms with Gasteiger partial charge in [0.05, 0.1) is 13.2 Å². The Hall–Kier alpha value is -0.693. The van der Waals surface area contributed by atoms with Crippen LogP contribution in [0, 0.1) is 11.8 Å². The molecule has 0 saturated carbocycles. The van der Waals surface area contributed by atoms with Crippen molar-refractivity contribution >= 4 is 14.3 Å². The number of rotatable bonds is 6. The molecule has 0 radical (unpaired) electrons. The van der Waals surface area contributed by atoms with Gasteiger partial charge in [-0.15, -0.1) is 0 Å². The van der Waals surface area contributed by atoms with Crippen LogP contribution in [0.2, 0.25) is 18.1 Å². The topological polar surface area (TPSA) is 76.0 Å². The Balaban J connectivity index is 3.17. The maximum atomic E-state index is 12.2. The summed E-state index contributed by atoms with van der Waals surface area (Å²) >= 11 is 0. The van der Waals surface area contributed by atoms with E-state index in [9.17, 15) is 15.0 Å². The molecule has 0 aromatic carbocycles. The molecule has 0 unspecified atom stereocenters. The summed E-state index contributed by atoms with van der Waals surface area (Å²) in [4.78, 5) is 12.2. The monoisotopic (exact) mass is 358 g/mol. The third-order valence-corrected chi connectivity index (χ3v) is 10.2. The van der Waals surface area contributed by atoms with E-state index in [1.54, 1.807) is 0 Å². The molecule has 0 bridgehead atoms. The van der Waals surface area contributed by atoms with Crippen molar-refractivity contribution in [3.05, 3.63) is 11.1 Å². The van der Waals surface area contributed by atoms with Crippen molar-refractivity contribution in [3.8, 4) is 0 Å². The van der Waals surface area contributed by atoms with E-state index in [2.05, 4.69) is 33.9 Å². The van der Waals surface area contributed by atoms with Crippen molar-refractivity contribution in [2.75, 3.05) is 20.3 Å². The molecular formula is C18H34O5Si. The molecule has 1 aliphatic rings. The van der Waals surface area contributed by atoms with Crippen molar-refractivity contribution in [2.24, 2.45) is 11.8 Å². The summed E-state index contributed by atoms with van der Waals surface area (Å²) in [5.41, 5.74) is 1.56. The molecule has 2 N–H and O–H groups in total. The number of aliphatic hydroxyl groups is 2. The smallest absolute Gasteiger partial charge is 0.333 e. The number of carbonyl (C=O) groups is 1. The minimum absolute atomic E-state index is 0.00701. The summed E-state index contributed by atoms with van der Waals surface area (Å²) in [6.07, 6.45) is 1.06. The molecule has 0 spiro atoms. The first-order chi connectivity index (χ1) is 11.0. The lowest BCUT2D eigenvalue weighted by atomic mass is 9.76. The average molecular weight is 359 g/mol. The van der Waals surface area contributed by atoms with Crippen LogP contribution in [0.4, 0.5) is 0 Å². The Bertz CT molecular complexity index is 474. The maximum absolute atomic E-state index is 12.2. The van der Waals surface area contributed by atoms with Crippen molar-refractivity contribution in [2.45, 2.75) is 64.8 Å². The standard InChI is InChI=1S/C18H34O5Si/c1-12-15(17(21)22-5)8-13(14(10-19)11-20)9-16(12)23-24(6,7)18(2,3)4/h13-14,16,19-20H,8-11H2,1-7H3/t13-,16-/m0/s1. The average Bonchev–Trinajstić information content (AvgIpc) is 2.49. The number of methoxy groups -OCH3 is 1. The molecule has 0 aliphatic heterocycles. The van der Waals surface area contributed by atoms with Crippen LogP contribution in [-0.2, 0) is 14.0 Å². The van der Waals surface area contributed by atoms with Gasteiger partial charge in [-0.1, -0.05) is 20.8 Å². The second-order valence-electron chi connectivity index (χ2n) is 8.35. The molecule has 0 aromatic rings. The predicted molar refractivity (Wildman–Crippen MR) is 97.2 cm³/mol. The van der Waals surface area contributed by atoms with E-state index in [1.807, 2.05) is 6.92 Å². The molecular weight excluding hydrogens is 324 g/mol. The summed E-state index contributed by atoms with van der Waals surface area (Å²) in [7, 11) is -0.624. The molecule has 0 aromatic heterocycles. The number of carbonyl (C=O) groups excluding carboxylic acids is 1. The summed E-state index contributed by atoms with van der Waals surface area (Å²) < 4.78 is 11.5. The third-order valence-electron chi connectivity index (χ3n) is 5.75. The van der Waals surface area contributed by atoms with E-state index < -0.39 is 8.32 Å². The summed E-state index contributed by atoms with van der Waals surface area (Å²) in [5, 5.41) is 19.2. The Morgan fingerprint density at radius 2 is 1.83 bits per heavy atom. The first kappa shape index (κ1) is 21.3. The lowest BCUT2D eigenvalue weighted by Gasteiger charge is -2.43. The Kier molecular flexibility index (Phi) is 7.23. The number of aliphatic hydroxyl groups excluding tert-OH is 2. The Morgan fingerprint density at radius 1 is 1.29 bits per heavy atom. The zero-order chi connectivity index (χ0) is 18.7. The number of esters is 1. The van der Waals surface area contributed by atoms with Crippen LogP contribution in [0.25, 0.3) is 0 Å². The molecule has 1 rings (SSSR count). The van der Waals surface area contributed by atoms with Gasteiger partial charge in [-0.25, -0.2) is 4.79 Å². The second kappa shape index (κ2) is 8.12. The van der Waals surface area contributed by atoms with E-state index in [0.29, 0.717) is 18.4 Å². The fraction of sp³-hybridized carbons (Fsp3) is 0.833. The van der Waals surface area contributed by atoms with Crippen LogP contribution in [0.3, 0.4) is 0 Å². The van der Waals surface area contributed by atoms with Crippen LogP contribution in [-0.4, -0.2) is 50.9 Å². The van der Waals surface area contributed by atoms with Gasteiger partial charge in [0.2, 0.25) is 0 Å². The van der Waals surface area contributed by atoms with Crippen molar-refractivity contribution < 1.29 is 24.2 Å².